The molecule has 1 aliphatic rings. The van der Waals surface area contributed by atoms with Crippen LogP contribution in [0.1, 0.15) is 38.3 Å². The van der Waals surface area contributed by atoms with Gasteiger partial charge in [0.15, 0.2) is 11.5 Å². The molecule has 0 aliphatic carbocycles. The van der Waals surface area contributed by atoms with E-state index >= 15 is 0 Å². The zero-order valence-electron chi connectivity index (χ0n) is 12.9. The monoisotopic (exact) mass is 312 g/mol. The maximum atomic E-state index is 6.39. The molecule has 0 radical (unpaired) electrons. The first-order valence-corrected chi connectivity index (χ1v) is 8.12. The first-order chi connectivity index (χ1) is 10.2. The average Bonchev–Trinajstić information content (AvgIpc) is 2.98. The van der Waals surface area contributed by atoms with Crippen molar-refractivity contribution >= 4 is 11.6 Å². The predicted octanol–water partition coefficient (Wildman–Crippen LogP) is 3.23. The highest BCUT2D eigenvalue weighted by atomic mass is 35.5. The molecule has 5 heteroatoms. The second kappa shape index (κ2) is 7.87. The van der Waals surface area contributed by atoms with E-state index in [1.807, 2.05) is 26.0 Å². The van der Waals surface area contributed by atoms with Gasteiger partial charge in [-0.2, -0.15) is 0 Å². The smallest absolute Gasteiger partial charge is 0.179 e. The number of hydrogen-bond donors (Lipinski definition) is 1. The Bertz CT molecular complexity index is 462. The van der Waals surface area contributed by atoms with E-state index in [1.54, 1.807) is 0 Å². The molecule has 1 aromatic rings. The third-order valence-corrected chi connectivity index (χ3v) is 4.09. The molecule has 0 spiro atoms. The van der Waals surface area contributed by atoms with Crippen LogP contribution in [-0.4, -0.2) is 37.7 Å². The number of likely N-dealkylation sites (tertiary alicyclic amines) is 1. The van der Waals surface area contributed by atoms with Gasteiger partial charge in [-0.05, 0) is 57.5 Å². The number of benzene rings is 1. The zero-order chi connectivity index (χ0) is 15.2. The van der Waals surface area contributed by atoms with Gasteiger partial charge in [0.1, 0.15) is 0 Å². The number of hydrogen-bond acceptors (Lipinski definition) is 4. The van der Waals surface area contributed by atoms with Gasteiger partial charge in [-0.25, -0.2) is 0 Å². The quantitative estimate of drug-likeness (QED) is 0.839. The van der Waals surface area contributed by atoms with E-state index in [9.17, 15) is 0 Å². The molecule has 2 rings (SSSR count). The number of nitrogens with two attached hydrogens (primary N) is 1. The second-order valence-electron chi connectivity index (χ2n) is 5.19. The van der Waals surface area contributed by atoms with Crippen molar-refractivity contribution in [2.45, 2.75) is 32.7 Å². The molecule has 118 valence electrons. The van der Waals surface area contributed by atoms with Crippen LogP contribution in [-0.2, 0) is 0 Å². The molecule has 1 saturated heterocycles. The minimum Gasteiger partial charge on any atom is -0.490 e. The molecule has 0 aromatic heterocycles. The minimum absolute atomic E-state index is 0.194. The highest BCUT2D eigenvalue weighted by Crippen LogP contribution is 2.39. The number of ether oxygens (including phenoxy) is 2. The molecule has 0 bridgehead atoms. The highest BCUT2D eigenvalue weighted by molar-refractivity contribution is 6.32. The summed E-state index contributed by atoms with van der Waals surface area (Å²) in [5.41, 5.74) is 7.11. The van der Waals surface area contributed by atoms with Crippen molar-refractivity contribution in [3.05, 3.63) is 22.7 Å². The summed E-state index contributed by atoms with van der Waals surface area (Å²) in [6.45, 7) is 7.80. The van der Waals surface area contributed by atoms with Crippen molar-refractivity contribution in [1.29, 1.82) is 0 Å². The molecule has 21 heavy (non-hydrogen) atoms. The topological polar surface area (TPSA) is 47.7 Å². The molecular weight excluding hydrogens is 288 g/mol. The normalized spacial score (nSPS) is 17.0. The Kier molecular flexibility index (Phi) is 6.15. The first kappa shape index (κ1) is 16.4. The fourth-order valence-electron chi connectivity index (χ4n) is 2.88. The maximum Gasteiger partial charge on any atom is 0.179 e. The van der Waals surface area contributed by atoms with Crippen molar-refractivity contribution < 1.29 is 9.47 Å². The van der Waals surface area contributed by atoms with Gasteiger partial charge in [0.05, 0.1) is 18.2 Å². The van der Waals surface area contributed by atoms with Crippen molar-refractivity contribution in [2.75, 3.05) is 32.8 Å². The van der Waals surface area contributed by atoms with Crippen molar-refractivity contribution in [2.24, 2.45) is 5.73 Å². The van der Waals surface area contributed by atoms with E-state index in [-0.39, 0.29) is 6.04 Å². The Morgan fingerprint density at radius 3 is 2.43 bits per heavy atom. The summed E-state index contributed by atoms with van der Waals surface area (Å²) in [7, 11) is 0. The molecule has 1 aromatic carbocycles. The summed E-state index contributed by atoms with van der Waals surface area (Å²) in [4.78, 5) is 2.42. The number of halogens is 1. The summed E-state index contributed by atoms with van der Waals surface area (Å²) in [5.74, 6) is 1.33. The lowest BCUT2D eigenvalue weighted by molar-refractivity contribution is 0.248. The van der Waals surface area contributed by atoms with Crippen LogP contribution in [0.25, 0.3) is 0 Å². The lowest BCUT2D eigenvalue weighted by Gasteiger charge is -2.27. The third kappa shape index (κ3) is 3.82. The van der Waals surface area contributed by atoms with Crippen LogP contribution in [0.4, 0.5) is 0 Å². The van der Waals surface area contributed by atoms with Crippen LogP contribution in [0, 0.1) is 0 Å². The lowest BCUT2D eigenvalue weighted by Crippen LogP contribution is -2.31. The van der Waals surface area contributed by atoms with Crippen molar-refractivity contribution in [3.63, 3.8) is 0 Å². The Balaban J connectivity index is 2.33. The van der Waals surface area contributed by atoms with Gasteiger partial charge >= 0.3 is 0 Å². The fraction of sp³-hybridized carbons (Fsp3) is 0.625. The Hall–Kier alpha value is -0.970. The Morgan fingerprint density at radius 2 is 1.86 bits per heavy atom. The van der Waals surface area contributed by atoms with Gasteiger partial charge in [0, 0.05) is 12.6 Å². The molecule has 1 atom stereocenters. The van der Waals surface area contributed by atoms with E-state index in [0.29, 0.717) is 36.3 Å². The summed E-state index contributed by atoms with van der Waals surface area (Å²) in [6, 6.07) is 4.18. The summed E-state index contributed by atoms with van der Waals surface area (Å²) >= 11 is 6.39. The maximum absolute atomic E-state index is 6.39. The highest BCUT2D eigenvalue weighted by Gasteiger charge is 2.24. The van der Waals surface area contributed by atoms with Crippen LogP contribution in [0.2, 0.25) is 5.02 Å². The first-order valence-electron chi connectivity index (χ1n) is 7.74. The molecule has 0 saturated carbocycles. The molecule has 1 fully saturated rings. The van der Waals surface area contributed by atoms with Gasteiger partial charge in [-0.15, -0.1) is 0 Å². The molecule has 4 nitrogen and oxygen atoms in total. The third-order valence-electron chi connectivity index (χ3n) is 3.81. The van der Waals surface area contributed by atoms with E-state index < -0.39 is 0 Å². The van der Waals surface area contributed by atoms with Gasteiger partial charge in [-0.3, -0.25) is 4.90 Å². The zero-order valence-corrected chi connectivity index (χ0v) is 13.7. The predicted molar refractivity (Wildman–Crippen MR) is 86.4 cm³/mol. The second-order valence-corrected chi connectivity index (χ2v) is 5.60. The van der Waals surface area contributed by atoms with E-state index in [1.165, 1.54) is 12.8 Å². The van der Waals surface area contributed by atoms with Crippen LogP contribution in [0.3, 0.4) is 0 Å². The average molecular weight is 313 g/mol. The van der Waals surface area contributed by atoms with Gasteiger partial charge in [0.25, 0.3) is 0 Å². The molecule has 1 unspecified atom stereocenters. The Labute approximate surface area is 132 Å². The lowest BCUT2D eigenvalue weighted by atomic mass is 10.0. The van der Waals surface area contributed by atoms with Crippen molar-refractivity contribution in [1.82, 2.24) is 4.90 Å². The van der Waals surface area contributed by atoms with Crippen molar-refractivity contribution in [3.8, 4) is 11.5 Å². The molecule has 0 amide bonds. The fourth-order valence-corrected chi connectivity index (χ4v) is 3.15. The molecule has 1 aliphatic heterocycles. The summed E-state index contributed by atoms with van der Waals surface area (Å²) in [5, 5.41) is 0.593. The number of rotatable bonds is 7. The van der Waals surface area contributed by atoms with Gasteiger partial charge in [0.2, 0.25) is 0 Å². The van der Waals surface area contributed by atoms with Crippen LogP contribution in [0.15, 0.2) is 12.1 Å². The van der Waals surface area contributed by atoms with Crippen LogP contribution in [0.5, 0.6) is 11.5 Å². The van der Waals surface area contributed by atoms with Gasteiger partial charge in [-0.1, -0.05) is 11.6 Å². The number of nitrogens with zero attached hydrogens (tertiary/aromatic N) is 1. The molecular formula is C16H25ClN2O2. The summed E-state index contributed by atoms with van der Waals surface area (Å²) in [6.07, 6.45) is 2.47. The van der Waals surface area contributed by atoms with E-state index in [2.05, 4.69) is 4.90 Å². The Morgan fingerprint density at radius 1 is 1.19 bits per heavy atom. The van der Waals surface area contributed by atoms with E-state index in [0.717, 1.165) is 18.7 Å². The van der Waals surface area contributed by atoms with Gasteiger partial charge < -0.3 is 15.2 Å². The SMILES string of the molecule is CCOc1cc(C(CN)N2CCCC2)cc(Cl)c1OCC. The summed E-state index contributed by atoms with van der Waals surface area (Å²) < 4.78 is 11.3. The minimum atomic E-state index is 0.194. The van der Waals surface area contributed by atoms with E-state index in [4.69, 9.17) is 26.8 Å². The van der Waals surface area contributed by atoms with Crippen LogP contribution < -0.4 is 15.2 Å². The van der Waals surface area contributed by atoms with Crippen LogP contribution >= 0.6 is 11.6 Å². The standard InChI is InChI=1S/C16H25ClN2O2/c1-3-20-15-10-12(9-13(17)16(15)21-4-2)14(11-18)19-7-5-6-8-19/h9-10,14H,3-8,11,18H2,1-2H3. The molecule has 1 heterocycles. The largest absolute Gasteiger partial charge is 0.490 e. The molecule has 2 N–H and O–H groups in total.